The fourth-order valence-corrected chi connectivity index (χ4v) is 2.26. The lowest BCUT2D eigenvalue weighted by atomic mass is 9.92. The van der Waals surface area contributed by atoms with Gasteiger partial charge in [-0.05, 0) is 24.5 Å². The quantitative estimate of drug-likeness (QED) is 0.890. The molecule has 0 saturated heterocycles. The number of carbonyl (C=O) groups is 1. The monoisotopic (exact) mass is 307 g/mol. The van der Waals surface area contributed by atoms with Gasteiger partial charge in [-0.25, -0.2) is 0 Å². The van der Waals surface area contributed by atoms with Crippen molar-refractivity contribution < 1.29 is 9.21 Å². The number of amides is 1. The Labute approximate surface area is 128 Å². The van der Waals surface area contributed by atoms with Crippen LogP contribution in [0.25, 0.3) is 0 Å². The van der Waals surface area contributed by atoms with Gasteiger partial charge in [-0.3, -0.25) is 9.89 Å². The summed E-state index contributed by atoms with van der Waals surface area (Å²) in [4.78, 5) is 12.0. The summed E-state index contributed by atoms with van der Waals surface area (Å²) < 4.78 is 5.48. The average molecular weight is 307 g/mol. The van der Waals surface area contributed by atoms with Crippen LogP contribution in [0.15, 0.2) is 22.6 Å². The third kappa shape index (κ3) is 4.14. The van der Waals surface area contributed by atoms with Gasteiger partial charge in [0.2, 0.25) is 0 Å². The third-order valence-electron chi connectivity index (χ3n) is 3.01. The van der Waals surface area contributed by atoms with Crippen molar-refractivity contribution in [2.24, 2.45) is 0 Å². The largest absolute Gasteiger partial charge is 0.455 e. The summed E-state index contributed by atoms with van der Waals surface area (Å²) in [6.45, 7) is 6.70. The van der Waals surface area contributed by atoms with Gasteiger partial charge in [0, 0.05) is 5.41 Å². The molecule has 0 aliphatic heterocycles. The van der Waals surface area contributed by atoms with Crippen molar-refractivity contribution in [3.05, 3.63) is 41.1 Å². The molecule has 2 aromatic heterocycles. The van der Waals surface area contributed by atoms with Crippen LogP contribution in [0.1, 0.15) is 48.5 Å². The molecule has 5 nitrogen and oxygen atoms in total. The summed E-state index contributed by atoms with van der Waals surface area (Å²) in [5, 5.41) is 10.0. The van der Waals surface area contributed by atoms with Crippen LogP contribution in [0, 0.1) is 0 Å². The smallest absolute Gasteiger partial charge is 0.287 e. The molecule has 0 aliphatic rings. The molecule has 2 N–H and O–H groups in total. The number of H-pyrrole nitrogens is 1. The summed E-state index contributed by atoms with van der Waals surface area (Å²) in [5.41, 5.74) is 1.85. The Hall–Kier alpha value is -1.69. The minimum atomic E-state index is -0.214. The summed E-state index contributed by atoms with van der Waals surface area (Å²) in [7, 11) is 0. The summed E-state index contributed by atoms with van der Waals surface area (Å²) in [6, 6.07) is 5.51. The maximum Gasteiger partial charge on any atom is 0.287 e. The Balaban J connectivity index is 1.92. The molecule has 0 bridgehead atoms. The lowest BCUT2D eigenvalue weighted by Crippen LogP contribution is -2.22. The second-order valence-corrected chi connectivity index (χ2v) is 6.78. The summed E-state index contributed by atoms with van der Waals surface area (Å²) in [6.07, 6.45) is 1.99. The zero-order valence-electron chi connectivity index (χ0n) is 12.8. The normalized spacial score (nSPS) is 11.6. The van der Waals surface area contributed by atoms with Gasteiger partial charge < -0.3 is 9.73 Å². The van der Waals surface area contributed by atoms with Gasteiger partial charge in [0.1, 0.15) is 5.76 Å². The van der Waals surface area contributed by atoms with Gasteiger partial charge in [0.15, 0.2) is 5.76 Å². The van der Waals surface area contributed by atoms with E-state index in [4.69, 9.17) is 4.42 Å². The highest BCUT2D eigenvalue weighted by molar-refractivity contribution is 7.97. The van der Waals surface area contributed by atoms with E-state index in [0.717, 1.165) is 22.9 Å². The Morgan fingerprint density at radius 2 is 2.19 bits per heavy atom. The van der Waals surface area contributed by atoms with Crippen LogP contribution in [-0.2, 0) is 17.7 Å². The second kappa shape index (κ2) is 6.39. The van der Waals surface area contributed by atoms with Gasteiger partial charge in [-0.1, -0.05) is 20.8 Å². The highest BCUT2D eigenvalue weighted by Crippen LogP contribution is 2.20. The topological polar surface area (TPSA) is 70.9 Å². The second-order valence-electron chi connectivity index (χ2n) is 5.91. The molecular weight excluding hydrogens is 286 g/mol. The van der Waals surface area contributed by atoms with Crippen molar-refractivity contribution >= 4 is 17.7 Å². The van der Waals surface area contributed by atoms with E-state index in [1.54, 1.807) is 17.8 Å². The molecule has 2 heterocycles. The molecule has 0 aromatic carbocycles. The molecule has 2 rings (SSSR count). The Bertz CT molecular complexity index is 610. The summed E-state index contributed by atoms with van der Waals surface area (Å²) in [5.74, 6) is 1.70. The molecule has 0 atom stereocenters. The van der Waals surface area contributed by atoms with E-state index in [2.05, 4.69) is 36.3 Å². The van der Waals surface area contributed by atoms with Gasteiger partial charge >= 0.3 is 0 Å². The van der Waals surface area contributed by atoms with E-state index in [1.165, 1.54) is 0 Å². The zero-order chi connectivity index (χ0) is 15.5. The van der Waals surface area contributed by atoms with E-state index < -0.39 is 0 Å². The first-order chi connectivity index (χ1) is 9.90. The number of rotatable bonds is 5. The minimum absolute atomic E-state index is 0.00745. The number of carbonyl (C=O) groups excluding carboxylic acids is 1. The Morgan fingerprint density at radius 3 is 2.81 bits per heavy atom. The highest BCUT2D eigenvalue weighted by Gasteiger charge is 2.18. The molecule has 0 unspecified atom stereocenters. The first-order valence-corrected chi connectivity index (χ1v) is 8.20. The molecule has 0 spiro atoms. The Morgan fingerprint density at radius 1 is 1.43 bits per heavy atom. The van der Waals surface area contributed by atoms with Crippen molar-refractivity contribution in [1.82, 2.24) is 15.5 Å². The van der Waals surface area contributed by atoms with Crippen molar-refractivity contribution in [2.45, 2.75) is 38.5 Å². The molecule has 0 saturated carbocycles. The highest BCUT2D eigenvalue weighted by atomic mass is 32.2. The van der Waals surface area contributed by atoms with E-state index in [1.807, 2.05) is 18.4 Å². The number of thioether (sulfide) groups is 1. The van der Waals surface area contributed by atoms with Crippen molar-refractivity contribution in [1.29, 1.82) is 0 Å². The minimum Gasteiger partial charge on any atom is -0.455 e. The van der Waals surface area contributed by atoms with Crippen molar-refractivity contribution in [3.63, 3.8) is 0 Å². The standard InChI is InChI=1S/C15H21N3O2S/c1-15(2,3)13-7-10(17-18-13)8-16-14(19)12-6-5-11(20-12)9-21-4/h5-7H,8-9H2,1-4H3,(H,16,19)(H,17,18). The number of nitrogens with zero attached hydrogens (tertiary/aromatic N) is 1. The molecule has 21 heavy (non-hydrogen) atoms. The third-order valence-corrected chi connectivity index (χ3v) is 3.58. The maximum absolute atomic E-state index is 12.0. The average Bonchev–Trinajstić information content (AvgIpc) is 3.04. The fraction of sp³-hybridized carbons (Fsp3) is 0.467. The van der Waals surface area contributed by atoms with Crippen LogP contribution in [-0.4, -0.2) is 22.4 Å². The van der Waals surface area contributed by atoms with E-state index >= 15 is 0 Å². The molecule has 0 fully saturated rings. The SMILES string of the molecule is CSCc1ccc(C(=O)NCc2cc(C(C)(C)C)n[nH]2)o1. The lowest BCUT2D eigenvalue weighted by molar-refractivity contribution is 0.0921. The van der Waals surface area contributed by atoms with E-state index in [0.29, 0.717) is 12.3 Å². The molecule has 0 radical (unpaired) electrons. The fourth-order valence-electron chi connectivity index (χ4n) is 1.82. The molecule has 6 heteroatoms. The van der Waals surface area contributed by atoms with E-state index in [9.17, 15) is 4.79 Å². The van der Waals surface area contributed by atoms with Crippen LogP contribution in [0.5, 0.6) is 0 Å². The van der Waals surface area contributed by atoms with Crippen LogP contribution in [0.4, 0.5) is 0 Å². The number of nitrogens with one attached hydrogen (secondary N) is 2. The van der Waals surface area contributed by atoms with Crippen LogP contribution >= 0.6 is 11.8 Å². The van der Waals surface area contributed by atoms with Crippen molar-refractivity contribution in [3.8, 4) is 0 Å². The zero-order valence-corrected chi connectivity index (χ0v) is 13.6. The number of hydrogen-bond acceptors (Lipinski definition) is 4. The van der Waals surface area contributed by atoms with Gasteiger partial charge in [-0.2, -0.15) is 16.9 Å². The van der Waals surface area contributed by atoms with Gasteiger partial charge in [-0.15, -0.1) is 0 Å². The molecule has 1 amide bonds. The van der Waals surface area contributed by atoms with Crippen molar-refractivity contribution in [2.75, 3.05) is 6.26 Å². The van der Waals surface area contributed by atoms with Crippen LogP contribution in [0.2, 0.25) is 0 Å². The first kappa shape index (κ1) is 15.7. The number of aromatic nitrogens is 2. The molecular formula is C15H21N3O2S. The van der Waals surface area contributed by atoms with E-state index in [-0.39, 0.29) is 11.3 Å². The van der Waals surface area contributed by atoms with Gasteiger partial charge in [0.25, 0.3) is 5.91 Å². The molecule has 0 aliphatic carbocycles. The molecule has 2 aromatic rings. The van der Waals surface area contributed by atoms with Gasteiger partial charge in [0.05, 0.1) is 23.7 Å². The van der Waals surface area contributed by atoms with Crippen LogP contribution in [0.3, 0.4) is 0 Å². The van der Waals surface area contributed by atoms with Crippen LogP contribution < -0.4 is 5.32 Å². The maximum atomic E-state index is 12.0. The number of hydrogen-bond donors (Lipinski definition) is 2. The number of furan rings is 1. The number of aromatic amines is 1. The predicted molar refractivity (Wildman–Crippen MR) is 84.4 cm³/mol. The Kier molecular flexibility index (Phi) is 4.77. The lowest BCUT2D eigenvalue weighted by Gasteiger charge is -2.13. The molecule has 114 valence electrons. The predicted octanol–water partition coefficient (Wildman–Crippen LogP) is 3.09. The first-order valence-electron chi connectivity index (χ1n) is 6.81. The summed E-state index contributed by atoms with van der Waals surface area (Å²) >= 11 is 1.66.